The van der Waals surface area contributed by atoms with Crippen LogP contribution in [0.1, 0.15) is 20.2 Å². The number of fused-ring (bicyclic) bond motifs is 1. The number of imidazole rings is 1. The molecule has 0 atom stereocenters. The molecule has 4 aromatic rings. The van der Waals surface area contributed by atoms with E-state index < -0.39 is 5.91 Å². The van der Waals surface area contributed by atoms with Crippen LogP contribution in [0.25, 0.3) is 17.0 Å². The summed E-state index contributed by atoms with van der Waals surface area (Å²) in [7, 11) is 0. The zero-order valence-corrected chi connectivity index (χ0v) is 15.6. The van der Waals surface area contributed by atoms with E-state index in [9.17, 15) is 4.79 Å². The molecule has 0 spiro atoms. The highest BCUT2D eigenvalue weighted by Crippen LogP contribution is 2.35. The molecule has 0 aliphatic rings. The van der Waals surface area contributed by atoms with Crippen molar-refractivity contribution in [2.75, 3.05) is 5.32 Å². The largest absolute Gasteiger partial charge is 0.323 e. The smallest absolute Gasteiger partial charge is 0.284 e. The van der Waals surface area contributed by atoms with E-state index in [4.69, 9.17) is 10.2 Å². The fourth-order valence-corrected chi connectivity index (χ4v) is 4.44. The topological polar surface area (TPSA) is 91.5 Å². The second-order valence-electron chi connectivity index (χ2n) is 5.63. The first-order valence-corrected chi connectivity index (χ1v) is 9.43. The molecule has 7 nitrogen and oxygen atoms in total. The molecule has 132 valence electrons. The van der Waals surface area contributed by atoms with E-state index in [-0.39, 0.29) is 0 Å². The van der Waals surface area contributed by atoms with Crippen molar-refractivity contribution in [3.8, 4) is 11.4 Å². The third-order valence-electron chi connectivity index (χ3n) is 3.89. The summed E-state index contributed by atoms with van der Waals surface area (Å²) in [6.45, 7) is 4.01. The lowest BCUT2D eigenvalue weighted by Gasteiger charge is -2.01. The van der Waals surface area contributed by atoms with Gasteiger partial charge >= 0.3 is 0 Å². The number of amides is 1. The molecule has 0 saturated carbocycles. The van der Waals surface area contributed by atoms with E-state index in [0.717, 1.165) is 37.7 Å². The minimum absolute atomic E-state index is 0.418. The highest BCUT2D eigenvalue weighted by atomic mass is 32.1. The van der Waals surface area contributed by atoms with E-state index in [2.05, 4.69) is 10.3 Å². The van der Waals surface area contributed by atoms with Gasteiger partial charge in [0.1, 0.15) is 11.3 Å². The molecule has 0 aliphatic heterocycles. The number of aromatic nitrogens is 3. The first-order valence-electron chi connectivity index (χ1n) is 7.79. The Bertz CT molecular complexity index is 1110. The van der Waals surface area contributed by atoms with Crippen molar-refractivity contribution in [3.63, 3.8) is 0 Å². The molecule has 0 unspecified atom stereocenters. The van der Waals surface area contributed by atoms with Crippen LogP contribution in [0.3, 0.4) is 0 Å². The fraction of sp³-hybridized carbons (Fsp3) is 0.118. The number of hydrogen-bond acceptors (Lipinski definition) is 7. The van der Waals surface area contributed by atoms with Gasteiger partial charge in [0.15, 0.2) is 5.13 Å². The van der Waals surface area contributed by atoms with Gasteiger partial charge in [-0.3, -0.25) is 14.4 Å². The average molecular weight is 385 g/mol. The zero-order valence-electron chi connectivity index (χ0n) is 14.0. The normalized spacial score (nSPS) is 11.0. The summed E-state index contributed by atoms with van der Waals surface area (Å²) in [5.41, 5.74) is 5.32. The SMILES string of the molecule is Cc1nc2ccccn2c1-c1nc(Nc2ccc(C(=O)NO)s2)sc1C. The Morgan fingerprint density at radius 3 is 2.81 bits per heavy atom. The molecule has 0 aliphatic carbocycles. The summed E-state index contributed by atoms with van der Waals surface area (Å²) < 4.78 is 2.04. The van der Waals surface area contributed by atoms with Gasteiger partial charge in [0.05, 0.1) is 21.3 Å². The molecule has 0 radical (unpaired) electrons. The number of pyridine rings is 1. The van der Waals surface area contributed by atoms with E-state index in [1.165, 1.54) is 11.3 Å². The maximum absolute atomic E-state index is 11.5. The number of carbonyl (C=O) groups is 1. The fourth-order valence-electron chi connectivity index (χ4n) is 2.76. The molecule has 4 rings (SSSR count). The van der Waals surface area contributed by atoms with Crippen molar-refractivity contribution >= 4 is 44.4 Å². The molecule has 3 N–H and O–H groups in total. The molecule has 1 amide bonds. The first kappa shape index (κ1) is 16.7. The number of nitrogens with one attached hydrogen (secondary N) is 2. The lowest BCUT2D eigenvalue weighted by molar-refractivity contribution is 0.0711. The molecule has 4 aromatic heterocycles. The van der Waals surface area contributed by atoms with Gasteiger partial charge in [-0.25, -0.2) is 15.4 Å². The third-order valence-corrected chi connectivity index (χ3v) is 5.77. The maximum Gasteiger partial charge on any atom is 0.284 e. The van der Waals surface area contributed by atoms with Crippen LogP contribution in [0, 0.1) is 13.8 Å². The second-order valence-corrected chi connectivity index (χ2v) is 7.92. The van der Waals surface area contributed by atoms with Crippen molar-refractivity contribution in [2.45, 2.75) is 13.8 Å². The van der Waals surface area contributed by atoms with Crippen molar-refractivity contribution in [3.05, 3.63) is 52.0 Å². The Morgan fingerprint density at radius 1 is 1.15 bits per heavy atom. The van der Waals surface area contributed by atoms with Gasteiger partial charge < -0.3 is 5.32 Å². The number of rotatable bonds is 4. The quantitative estimate of drug-likeness (QED) is 0.365. The van der Waals surface area contributed by atoms with Crippen LogP contribution >= 0.6 is 22.7 Å². The molecular weight excluding hydrogens is 370 g/mol. The molecular formula is C17H15N5O2S2. The molecule has 26 heavy (non-hydrogen) atoms. The van der Waals surface area contributed by atoms with Gasteiger partial charge in [-0.1, -0.05) is 6.07 Å². The number of hydroxylamine groups is 1. The first-order chi connectivity index (χ1) is 12.6. The Labute approximate surface area is 156 Å². The van der Waals surface area contributed by atoms with Crippen LogP contribution < -0.4 is 10.8 Å². The van der Waals surface area contributed by atoms with Crippen LogP contribution in [0.15, 0.2) is 36.5 Å². The zero-order chi connectivity index (χ0) is 18.3. The Kier molecular flexibility index (Phi) is 4.19. The third kappa shape index (κ3) is 2.85. The number of hydrogen-bond donors (Lipinski definition) is 3. The van der Waals surface area contributed by atoms with Crippen LogP contribution in [-0.4, -0.2) is 25.5 Å². The number of aryl methyl sites for hydroxylation is 2. The number of thiophene rings is 1. The number of nitrogens with zero attached hydrogens (tertiary/aromatic N) is 3. The lowest BCUT2D eigenvalue weighted by atomic mass is 10.2. The van der Waals surface area contributed by atoms with Gasteiger partial charge in [0, 0.05) is 11.1 Å². The monoisotopic (exact) mass is 385 g/mol. The summed E-state index contributed by atoms with van der Waals surface area (Å²) in [6, 6.07) is 9.33. The van der Waals surface area contributed by atoms with E-state index in [1.807, 2.05) is 42.6 Å². The number of anilines is 2. The number of carbonyl (C=O) groups excluding carboxylic acids is 1. The molecule has 4 heterocycles. The molecule has 0 saturated heterocycles. The average Bonchev–Trinajstić information content (AvgIpc) is 3.31. The predicted octanol–water partition coefficient (Wildman–Crippen LogP) is 4.00. The summed E-state index contributed by atoms with van der Waals surface area (Å²) in [6.07, 6.45) is 1.98. The molecule has 0 aromatic carbocycles. The van der Waals surface area contributed by atoms with Gasteiger partial charge in [0.2, 0.25) is 0 Å². The summed E-state index contributed by atoms with van der Waals surface area (Å²) >= 11 is 2.79. The van der Waals surface area contributed by atoms with Crippen LogP contribution in [0.5, 0.6) is 0 Å². The van der Waals surface area contributed by atoms with Gasteiger partial charge in [-0.05, 0) is 38.1 Å². The van der Waals surface area contributed by atoms with Gasteiger partial charge in [-0.2, -0.15) is 0 Å². The Balaban J connectivity index is 1.68. The van der Waals surface area contributed by atoms with Gasteiger partial charge in [-0.15, -0.1) is 22.7 Å². The summed E-state index contributed by atoms with van der Waals surface area (Å²) in [4.78, 5) is 22.3. The van der Waals surface area contributed by atoms with Crippen LogP contribution in [0.2, 0.25) is 0 Å². The van der Waals surface area contributed by atoms with Crippen molar-refractivity contribution in [1.29, 1.82) is 0 Å². The molecule has 9 heteroatoms. The minimum atomic E-state index is -0.527. The van der Waals surface area contributed by atoms with Crippen molar-refractivity contribution in [1.82, 2.24) is 19.8 Å². The van der Waals surface area contributed by atoms with E-state index in [1.54, 1.807) is 28.9 Å². The maximum atomic E-state index is 11.5. The standard InChI is InChI=1S/C17H15N5O2S2/c1-9-15(22-8-4-3-5-12(22)18-9)14-10(2)25-17(20-14)19-13-7-6-11(26-13)16(23)21-24/h3-8,24H,1-2H3,(H,19,20)(H,21,23). The summed E-state index contributed by atoms with van der Waals surface area (Å²) in [5.74, 6) is -0.527. The molecule has 0 bridgehead atoms. The lowest BCUT2D eigenvalue weighted by Crippen LogP contribution is -2.16. The minimum Gasteiger partial charge on any atom is -0.323 e. The predicted molar refractivity (Wildman–Crippen MR) is 103 cm³/mol. The van der Waals surface area contributed by atoms with Gasteiger partial charge in [0.25, 0.3) is 5.91 Å². The van der Waals surface area contributed by atoms with E-state index >= 15 is 0 Å². The Morgan fingerprint density at radius 2 is 2.00 bits per heavy atom. The highest BCUT2D eigenvalue weighted by molar-refractivity contribution is 7.19. The van der Waals surface area contributed by atoms with Crippen LogP contribution in [0.4, 0.5) is 10.1 Å². The molecule has 0 fully saturated rings. The van der Waals surface area contributed by atoms with Crippen LogP contribution in [-0.2, 0) is 0 Å². The highest BCUT2D eigenvalue weighted by Gasteiger charge is 2.18. The van der Waals surface area contributed by atoms with Crippen molar-refractivity contribution < 1.29 is 10.0 Å². The summed E-state index contributed by atoms with van der Waals surface area (Å²) in [5, 5.41) is 13.5. The Hall–Kier alpha value is -2.75. The van der Waals surface area contributed by atoms with E-state index in [0.29, 0.717) is 4.88 Å². The van der Waals surface area contributed by atoms with Crippen molar-refractivity contribution in [2.24, 2.45) is 0 Å². The number of thiazole rings is 1. The second kappa shape index (κ2) is 6.52.